The van der Waals surface area contributed by atoms with E-state index in [1.165, 1.54) is 0 Å². The lowest BCUT2D eigenvalue weighted by atomic mass is 10.1. The van der Waals surface area contributed by atoms with Crippen LogP contribution in [0.1, 0.15) is 19.2 Å². The Morgan fingerprint density at radius 3 is 2.61 bits per heavy atom. The van der Waals surface area contributed by atoms with Gasteiger partial charge < -0.3 is 5.73 Å². The molecule has 0 radical (unpaired) electrons. The maximum atomic E-state index is 5.75. The van der Waals surface area contributed by atoms with E-state index in [4.69, 9.17) is 5.73 Å². The van der Waals surface area contributed by atoms with Crippen LogP contribution < -0.4 is 5.73 Å². The minimum Gasteiger partial charge on any atom is -0.328 e. The van der Waals surface area contributed by atoms with E-state index in [2.05, 4.69) is 25.9 Å². The summed E-state index contributed by atoms with van der Waals surface area (Å²) in [7, 11) is 0. The molecule has 0 bridgehead atoms. The first-order valence-electron chi connectivity index (χ1n) is 5.98. The molecule has 0 saturated carbocycles. The Bertz CT molecular complexity index is 509. The van der Waals surface area contributed by atoms with Gasteiger partial charge in [-0.3, -0.25) is 0 Å². The molecule has 1 atom stereocenters. The zero-order chi connectivity index (χ0) is 13.0. The largest absolute Gasteiger partial charge is 0.328 e. The molecule has 0 aliphatic rings. The lowest BCUT2D eigenvalue weighted by Gasteiger charge is -2.06. The first-order valence-corrected chi connectivity index (χ1v) is 6.78. The molecular weight excluding hydrogens is 290 g/mol. The third-order valence-corrected chi connectivity index (χ3v) is 3.20. The van der Waals surface area contributed by atoms with E-state index in [1.807, 2.05) is 37.3 Å². The summed E-state index contributed by atoms with van der Waals surface area (Å²) >= 11 is 3.43. The third-order valence-electron chi connectivity index (χ3n) is 2.67. The SMILES string of the molecule is CC(N)CCc1nccc(-c2ccc(Br)cc2)n1. The van der Waals surface area contributed by atoms with Crippen LogP contribution in [0.4, 0.5) is 0 Å². The van der Waals surface area contributed by atoms with Gasteiger partial charge in [-0.05, 0) is 31.5 Å². The second kappa shape index (κ2) is 6.07. The molecule has 1 unspecified atom stereocenters. The molecular formula is C14H16BrN3. The second-order valence-corrected chi connectivity index (χ2v) is 5.30. The van der Waals surface area contributed by atoms with E-state index >= 15 is 0 Å². The van der Waals surface area contributed by atoms with Crippen molar-refractivity contribution >= 4 is 15.9 Å². The number of benzene rings is 1. The summed E-state index contributed by atoms with van der Waals surface area (Å²) in [6, 6.07) is 10.2. The van der Waals surface area contributed by atoms with Crippen molar-refractivity contribution in [3.63, 3.8) is 0 Å². The predicted octanol–water partition coefficient (Wildman–Crippen LogP) is 3.19. The highest BCUT2D eigenvalue weighted by Crippen LogP contribution is 2.19. The van der Waals surface area contributed by atoms with Gasteiger partial charge in [-0.1, -0.05) is 28.1 Å². The highest BCUT2D eigenvalue weighted by atomic mass is 79.9. The lowest BCUT2D eigenvalue weighted by molar-refractivity contribution is 0.648. The van der Waals surface area contributed by atoms with Crippen LogP contribution in [0.25, 0.3) is 11.3 Å². The van der Waals surface area contributed by atoms with Crippen LogP contribution >= 0.6 is 15.9 Å². The number of hydrogen-bond acceptors (Lipinski definition) is 3. The number of hydrogen-bond donors (Lipinski definition) is 1. The van der Waals surface area contributed by atoms with Crippen molar-refractivity contribution in [3.8, 4) is 11.3 Å². The lowest BCUT2D eigenvalue weighted by Crippen LogP contribution is -2.16. The molecule has 3 nitrogen and oxygen atoms in total. The molecule has 18 heavy (non-hydrogen) atoms. The maximum Gasteiger partial charge on any atom is 0.129 e. The summed E-state index contributed by atoms with van der Waals surface area (Å²) in [5.74, 6) is 0.854. The summed E-state index contributed by atoms with van der Waals surface area (Å²) < 4.78 is 1.07. The van der Waals surface area contributed by atoms with E-state index < -0.39 is 0 Å². The van der Waals surface area contributed by atoms with Crippen molar-refractivity contribution < 1.29 is 0 Å². The van der Waals surface area contributed by atoms with Crippen LogP contribution in [0.3, 0.4) is 0 Å². The number of aromatic nitrogens is 2. The summed E-state index contributed by atoms with van der Waals surface area (Å²) in [5, 5.41) is 0. The smallest absolute Gasteiger partial charge is 0.129 e. The third kappa shape index (κ3) is 3.62. The van der Waals surface area contributed by atoms with Gasteiger partial charge in [0.15, 0.2) is 0 Å². The fraction of sp³-hybridized carbons (Fsp3) is 0.286. The monoisotopic (exact) mass is 305 g/mol. The fourth-order valence-corrected chi connectivity index (χ4v) is 1.92. The highest BCUT2D eigenvalue weighted by Gasteiger charge is 2.03. The van der Waals surface area contributed by atoms with Gasteiger partial charge >= 0.3 is 0 Å². The molecule has 2 N–H and O–H groups in total. The van der Waals surface area contributed by atoms with Gasteiger partial charge in [0.05, 0.1) is 5.69 Å². The van der Waals surface area contributed by atoms with E-state index in [0.717, 1.165) is 34.4 Å². The number of rotatable bonds is 4. The van der Waals surface area contributed by atoms with E-state index in [0.29, 0.717) is 0 Å². The van der Waals surface area contributed by atoms with Crippen LogP contribution in [-0.2, 0) is 6.42 Å². The molecule has 1 heterocycles. The van der Waals surface area contributed by atoms with Crippen LogP contribution in [0.15, 0.2) is 41.0 Å². The van der Waals surface area contributed by atoms with Gasteiger partial charge in [-0.15, -0.1) is 0 Å². The summed E-state index contributed by atoms with van der Waals surface area (Å²) in [4.78, 5) is 8.84. The van der Waals surface area contributed by atoms with Crippen LogP contribution in [-0.4, -0.2) is 16.0 Å². The summed E-state index contributed by atoms with van der Waals surface area (Å²) in [6.45, 7) is 2.00. The fourth-order valence-electron chi connectivity index (χ4n) is 1.66. The van der Waals surface area contributed by atoms with Crippen molar-refractivity contribution in [2.75, 3.05) is 0 Å². The molecule has 2 aromatic rings. The molecule has 0 amide bonds. The molecule has 0 fully saturated rings. The Morgan fingerprint density at radius 2 is 1.94 bits per heavy atom. The van der Waals surface area contributed by atoms with E-state index in [9.17, 15) is 0 Å². The summed E-state index contributed by atoms with van der Waals surface area (Å²) in [5.41, 5.74) is 7.80. The summed E-state index contributed by atoms with van der Waals surface area (Å²) in [6.07, 6.45) is 3.53. The normalized spacial score (nSPS) is 12.4. The average Bonchev–Trinajstić information content (AvgIpc) is 2.37. The van der Waals surface area contributed by atoms with Crippen LogP contribution in [0, 0.1) is 0 Å². The van der Waals surface area contributed by atoms with Gasteiger partial charge in [0.2, 0.25) is 0 Å². The number of aryl methyl sites for hydroxylation is 1. The predicted molar refractivity (Wildman–Crippen MR) is 77.1 cm³/mol. The molecule has 0 aliphatic heterocycles. The molecule has 4 heteroatoms. The first-order chi connectivity index (χ1) is 8.65. The molecule has 0 saturated heterocycles. The average molecular weight is 306 g/mol. The van der Waals surface area contributed by atoms with Crippen molar-refractivity contribution in [1.82, 2.24) is 9.97 Å². The zero-order valence-corrected chi connectivity index (χ0v) is 11.9. The van der Waals surface area contributed by atoms with Gasteiger partial charge in [-0.2, -0.15) is 0 Å². The molecule has 2 rings (SSSR count). The minimum absolute atomic E-state index is 0.185. The Hall–Kier alpha value is -1.26. The first kappa shape index (κ1) is 13.2. The quantitative estimate of drug-likeness (QED) is 0.944. The molecule has 0 aliphatic carbocycles. The highest BCUT2D eigenvalue weighted by molar-refractivity contribution is 9.10. The van der Waals surface area contributed by atoms with Crippen molar-refractivity contribution in [2.45, 2.75) is 25.8 Å². The van der Waals surface area contributed by atoms with E-state index in [-0.39, 0.29) is 6.04 Å². The molecule has 94 valence electrons. The zero-order valence-electron chi connectivity index (χ0n) is 10.3. The van der Waals surface area contributed by atoms with Crippen molar-refractivity contribution in [2.24, 2.45) is 5.73 Å². The maximum absolute atomic E-state index is 5.75. The Balaban J connectivity index is 2.18. The Morgan fingerprint density at radius 1 is 1.22 bits per heavy atom. The minimum atomic E-state index is 0.185. The van der Waals surface area contributed by atoms with Gasteiger partial charge in [0.25, 0.3) is 0 Å². The number of halogens is 1. The molecule has 1 aromatic carbocycles. The van der Waals surface area contributed by atoms with Crippen LogP contribution in [0.5, 0.6) is 0 Å². The molecule has 1 aromatic heterocycles. The topological polar surface area (TPSA) is 51.8 Å². The van der Waals surface area contributed by atoms with Crippen molar-refractivity contribution in [1.29, 1.82) is 0 Å². The molecule has 0 spiro atoms. The van der Waals surface area contributed by atoms with Crippen LogP contribution in [0.2, 0.25) is 0 Å². The van der Waals surface area contributed by atoms with E-state index in [1.54, 1.807) is 6.20 Å². The van der Waals surface area contributed by atoms with Gasteiger partial charge in [0, 0.05) is 28.7 Å². The van der Waals surface area contributed by atoms with Gasteiger partial charge in [-0.25, -0.2) is 9.97 Å². The second-order valence-electron chi connectivity index (χ2n) is 4.38. The Kier molecular flexibility index (Phi) is 4.44. The standard InChI is InChI=1S/C14H16BrN3/c1-10(16)2-7-14-17-9-8-13(18-14)11-3-5-12(15)6-4-11/h3-6,8-10H,2,7,16H2,1H3. The van der Waals surface area contributed by atoms with Gasteiger partial charge in [0.1, 0.15) is 5.82 Å². The van der Waals surface area contributed by atoms with Crippen molar-refractivity contribution in [3.05, 3.63) is 46.8 Å². The number of nitrogens with zero attached hydrogens (tertiary/aromatic N) is 2. The Labute approximate surface area is 116 Å². The number of nitrogens with two attached hydrogens (primary N) is 1.